The number of aromatic amines is 1. The van der Waals surface area contributed by atoms with Crippen molar-refractivity contribution in [3.05, 3.63) is 74.8 Å². The molecular weight excluding hydrogens is 384 g/mol. The predicted molar refractivity (Wildman–Crippen MR) is 110 cm³/mol. The maximum absolute atomic E-state index is 13.0. The number of nitrogens with zero attached hydrogens (tertiary/aromatic N) is 4. The minimum Gasteiger partial charge on any atom is -0.384 e. The molecule has 0 unspecified atom stereocenters. The second-order valence-electron chi connectivity index (χ2n) is 7.90. The van der Waals surface area contributed by atoms with Gasteiger partial charge in [0, 0.05) is 66.8 Å². The molecule has 9 nitrogen and oxygen atoms in total. The van der Waals surface area contributed by atoms with Gasteiger partial charge in [-0.05, 0) is 24.5 Å². The number of anilines is 1. The number of nitrogen functional groups attached to an aromatic ring is 1. The molecule has 3 N–H and O–H groups in total. The number of H-pyrrole nitrogens is 1. The summed E-state index contributed by atoms with van der Waals surface area (Å²) in [5, 5.41) is 0. The van der Waals surface area contributed by atoms with Gasteiger partial charge in [-0.1, -0.05) is 0 Å². The molecular formula is C21H20N6O3. The highest BCUT2D eigenvalue weighted by atomic mass is 16.2. The van der Waals surface area contributed by atoms with E-state index in [2.05, 4.69) is 15.0 Å². The molecule has 1 amide bonds. The molecule has 3 aromatic rings. The molecule has 5 heterocycles. The number of hydrogen-bond donors (Lipinski definition) is 2. The SMILES string of the molecule is Nc1cc(-c2cc3n(c(=O)c2)C[C@H]2C[C@@H]3CN(C(=O)c3cc[nH]c(=O)c3)C2)ncn1. The summed E-state index contributed by atoms with van der Waals surface area (Å²) >= 11 is 0. The van der Waals surface area contributed by atoms with Crippen molar-refractivity contribution in [2.75, 3.05) is 18.8 Å². The Morgan fingerprint density at radius 3 is 2.77 bits per heavy atom. The van der Waals surface area contributed by atoms with Gasteiger partial charge in [0.15, 0.2) is 0 Å². The average Bonchev–Trinajstić information content (AvgIpc) is 2.73. The standard InChI is InChI=1S/C21H20N6O3/c22-18-7-16(24-11-25-18)14-4-17-15-3-12(9-27(17)20(29)6-14)8-26(10-15)21(30)13-1-2-23-19(28)5-13/h1-2,4-7,11-12,15H,3,8-10H2,(H,23,28)(H2,22,24,25)/t12-,15+/m0/s1. The van der Waals surface area contributed by atoms with Crippen LogP contribution in [0.5, 0.6) is 0 Å². The van der Waals surface area contributed by atoms with Gasteiger partial charge in [-0.3, -0.25) is 14.4 Å². The van der Waals surface area contributed by atoms with Crippen LogP contribution in [0.4, 0.5) is 5.82 Å². The minimum absolute atomic E-state index is 0.0373. The summed E-state index contributed by atoms with van der Waals surface area (Å²) in [6, 6.07) is 8.12. The van der Waals surface area contributed by atoms with Crippen molar-refractivity contribution in [2.24, 2.45) is 5.92 Å². The summed E-state index contributed by atoms with van der Waals surface area (Å²) in [4.78, 5) is 49.8. The van der Waals surface area contributed by atoms with Crippen molar-refractivity contribution in [1.29, 1.82) is 0 Å². The van der Waals surface area contributed by atoms with E-state index in [1.54, 1.807) is 23.1 Å². The van der Waals surface area contributed by atoms with Gasteiger partial charge in [-0.2, -0.15) is 0 Å². The molecule has 2 bridgehead atoms. The molecule has 152 valence electrons. The van der Waals surface area contributed by atoms with E-state index in [9.17, 15) is 14.4 Å². The van der Waals surface area contributed by atoms with Crippen LogP contribution in [0.2, 0.25) is 0 Å². The quantitative estimate of drug-likeness (QED) is 0.651. The number of amides is 1. The van der Waals surface area contributed by atoms with E-state index in [1.807, 2.05) is 10.6 Å². The Morgan fingerprint density at radius 1 is 1.10 bits per heavy atom. The summed E-state index contributed by atoms with van der Waals surface area (Å²) in [5.41, 5.74) is 7.95. The van der Waals surface area contributed by atoms with Crippen molar-refractivity contribution in [1.82, 2.24) is 24.4 Å². The lowest BCUT2D eigenvalue weighted by atomic mass is 9.82. The van der Waals surface area contributed by atoms with E-state index in [4.69, 9.17) is 5.73 Å². The van der Waals surface area contributed by atoms with Crippen LogP contribution in [0.15, 0.2) is 52.4 Å². The van der Waals surface area contributed by atoms with Crippen molar-refractivity contribution >= 4 is 11.7 Å². The second kappa shape index (κ2) is 6.94. The van der Waals surface area contributed by atoms with Gasteiger partial charge in [0.2, 0.25) is 5.56 Å². The summed E-state index contributed by atoms with van der Waals surface area (Å²) < 4.78 is 1.81. The monoisotopic (exact) mass is 404 g/mol. The lowest BCUT2D eigenvalue weighted by Gasteiger charge is -2.43. The molecule has 0 radical (unpaired) electrons. The molecule has 2 aliphatic heterocycles. The van der Waals surface area contributed by atoms with Crippen LogP contribution < -0.4 is 16.9 Å². The summed E-state index contributed by atoms with van der Waals surface area (Å²) in [6.07, 6.45) is 3.77. The molecule has 2 aliphatic rings. The normalized spacial score (nSPS) is 19.9. The zero-order valence-electron chi connectivity index (χ0n) is 16.1. The van der Waals surface area contributed by atoms with Gasteiger partial charge in [0.25, 0.3) is 11.5 Å². The van der Waals surface area contributed by atoms with E-state index in [0.717, 1.165) is 12.1 Å². The number of hydrogen-bond acceptors (Lipinski definition) is 6. The number of fused-ring (bicyclic) bond motifs is 4. The first-order valence-electron chi connectivity index (χ1n) is 9.78. The lowest BCUT2D eigenvalue weighted by molar-refractivity contribution is 0.0594. The van der Waals surface area contributed by atoms with Gasteiger partial charge >= 0.3 is 0 Å². The molecule has 0 aromatic carbocycles. The third-order valence-electron chi connectivity index (χ3n) is 5.85. The Labute approximate surface area is 171 Å². The maximum Gasteiger partial charge on any atom is 0.254 e. The van der Waals surface area contributed by atoms with Gasteiger partial charge in [0.05, 0.1) is 5.69 Å². The molecule has 3 aromatic heterocycles. The fraction of sp³-hybridized carbons (Fsp3) is 0.286. The first-order chi connectivity index (χ1) is 14.5. The molecule has 0 aliphatic carbocycles. The van der Waals surface area contributed by atoms with Crippen LogP contribution in [-0.2, 0) is 6.54 Å². The summed E-state index contributed by atoms with van der Waals surface area (Å²) in [6.45, 7) is 1.63. The van der Waals surface area contributed by atoms with E-state index < -0.39 is 0 Å². The fourth-order valence-electron chi connectivity index (χ4n) is 4.56. The molecule has 1 saturated heterocycles. The van der Waals surface area contributed by atoms with Crippen LogP contribution >= 0.6 is 0 Å². The molecule has 5 rings (SSSR count). The highest BCUT2D eigenvalue weighted by Crippen LogP contribution is 2.36. The van der Waals surface area contributed by atoms with Crippen LogP contribution in [-0.4, -0.2) is 43.4 Å². The van der Waals surface area contributed by atoms with E-state index in [-0.39, 0.29) is 28.9 Å². The molecule has 1 fully saturated rings. The van der Waals surface area contributed by atoms with Crippen molar-refractivity contribution in [3.63, 3.8) is 0 Å². The molecule has 0 saturated carbocycles. The van der Waals surface area contributed by atoms with Crippen LogP contribution in [0.3, 0.4) is 0 Å². The van der Waals surface area contributed by atoms with E-state index in [0.29, 0.717) is 42.3 Å². The van der Waals surface area contributed by atoms with Gasteiger partial charge < -0.3 is 20.2 Å². The second-order valence-corrected chi connectivity index (χ2v) is 7.90. The van der Waals surface area contributed by atoms with Crippen LogP contribution in [0.25, 0.3) is 11.3 Å². The number of carbonyl (C=O) groups is 1. The van der Waals surface area contributed by atoms with Gasteiger partial charge in [-0.25, -0.2) is 9.97 Å². The number of nitrogens with one attached hydrogen (secondary N) is 1. The Kier molecular flexibility index (Phi) is 4.23. The van der Waals surface area contributed by atoms with Gasteiger partial charge in [0.1, 0.15) is 12.1 Å². The lowest BCUT2D eigenvalue weighted by Crippen LogP contribution is -2.49. The number of nitrogens with two attached hydrogens (primary N) is 1. The van der Waals surface area contributed by atoms with Crippen molar-refractivity contribution in [3.8, 4) is 11.3 Å². The number of rotatable bonds is 2. The molecule has 2 atom stereocenters. The third-order valence-corrected chi connectivity index (χ3v) is 5.85. The number of aromatic nitrogens is 4. The first-order valence-corrected chi connectivity index (χ1v) is 9.78. The average molecular weight is 404 g/mol. The number of carbonyl (C=O) groups excluding carboxylic acids is 1. The van der Waals surface area contributed by atoms with Crippen LogP contribution in [0.1, 0.15) is 28.4 Å². The number of pyridine rings is 2. The maximum atomic E-state index is 13.0. The van der Waals surface area contributed by atoms with Crippen molar-refractivity contribution in [2.45, 2.75) is 18.9 Å². The minimum atomic E-state index is -0.302. The third kappa shape index (κ3) is 3.18. The van der Waals surface area contributed by atoms with Crippen molar-refractivity contribution < 1.29 is 4.79 Å². The molecule has 30 heavy (non-hydrogen) atoms. The summed E-state index contributed by atoms with van der Waals surface area (Å²) in [5.74, 6) is 0.409. The predicted octanol–water partition coefficient (Wildman–Crippen LogP) is 0.835. The number of likely N-dealkylation sites (tertiary alicyclic amines) is 1. The zero-order chi connectivity index (χ0) is 20.8. The topological polar surface area (TPSA) is 127 Å². The van der Waals surface area contributed by atoms with Crippen LogP contribution in [0, 0.1) is 5.92 Å². The Morgan fingerprint density at radius 2 is 1.97 bits per heavy atom. The zero-order valence-corrected chi connectivity index (χ0v) is 16.1. The Balaban J connectivity index is 1.50. The van der Waals surface area contributed by atoms with E-state index >= 15 is 0 Å². The Hall–Kier alpha value is -3.75. The molecule has 0 spiro atoms. The molecule has 9 heteroatoms. The van der Waals surface area contributed by atoms with Gasteiger partial charge in [-0.15, -0.1) is 0 Å². The largest absolute Gasteiger partial charge is 0.384 e. The smallest absolute Gasteiger partial charge is 0.254 e. The fourth-order valence-corrected chi connectivity index (χ4v) is 4.56. The Bertz CT molecular complexity index is 1260. The highest BCUT2D eigenvalue weighted by Gasteiger charge is 2.37. The number of piperidine rings is 1. The highest BCUT2D eigenvalue weighted by molar-refractivity contribution is 5.94. The van der Waals surface area contributed by atoms with E-state index in [1.165, 1.54) is 18.6 Å². The first kappa shape index (κ1) is 18.3. The summed E-state index contributed by atoms with van der Waals surface area (Å²) in [7, 11) is 0.